The van der Waals surface area contributed by atoms with E-state index in [2.05, 4.69) is 25.8 Å². The van der Waals surface area contributed by atoms with Gasteiger partial charge in [-0.2, -0.15) is 0 Å². The summed E-state index contributed by atoms with van der Waals surface area (Å²) in [5, 5.41) is 1.22. The second-order valence-electron chi connectivity index (χ2n) is 4.96. The molecule has 0 spiro atoms. The quantitative estimate of drug-likeness (QED) is 0.745. The van der Waals surface area contributed by atoms with Gasteiger partial charge in [0.25, 0.3) is 0 Å². The lowest BCUT2D eigenvalue weighted by molar-refractivity contribution is 0.571. The Morgan fingerprint density at radius 3 is 2.56 bits per heavy atom. The minimum absolute atomic E-state index is 0.0150. The lowest BCUT2D eigenvalue weighted by Crippen LogP contribution is -2.17. The van der Waals surface area contributed by atoms with Gasteiger partial charge in [-0.25, -0.2) is 0 Å². The molecule has 0 fully saturated rings. The van der Waals surface area contributed by atoms with Gasteiger partial charge in [-0.1, -0.05) is 38.4 Å². The molecule has 2 aromatic rings. The Kier molecular flexibility index (Phi) is 2.55. The SMILES string of the molecule is CC(C)(C)c1cc(=O)c2cccc(Cl)c2[nH]1. The number of halogens is 1. The van der Waals surface area contributed by atoms with Crippen molar-refractivity contribution >= 4 is 22.5 Å². The lowest BCUT2D eigenvalue weighted by atomic mass is 9.91. The third-order valence-corrected chi connectivity index (χ3v) is 2.94. The predicted molar refractivity (Wildman–Crippen MR) is 68.3 cm³/mol. The summed E-state index contributed by atoms with van der Waals surface area (Å²) < 4.78 is 0. The summed E-state index contributed by atoms with van der Waals surface area (Å²) in [6, 6.07) is 7.01. The van der Waals surface area contributed by atoms with Gasteiger partial charge in [-0.15, -0.1) is 0 Å². The van der Waals surface area contributed by atoms with Crippen LogP contribution in [0.15, 0.2) is 29.1 Å². The van der Waals surface area contributed by atoms with Gasteiger partial charge >= 0.3 is 0 Å². The fourth-order valence-corrected chi connectivity index (χ4v) is 1.86. The molecule has 0 aliphatic carbocycles. The van der Waals surface area contributed by atoms with E-state index in [0.717, 1.165) is 11.2 Å². The molecule has 0 radical (unpaired) electrons. The molecule has 0 saturated heterocycles. The van der Waals surface area contributed by atoms with Gasteiger partial charge < -0.3 is 4.98 Å². The van der Waals surface area contributed by atoms with Crippen LogP contribution in [0.25, 0.3) is 10.9 Å². The summed E-state index contributed by atoms with van der Waals surface area (Å²) in [7, 11) is 0. The van der Waals surface area contributed by atoms with E-state index >= 15 is 0 Å². The molecule has 0 atom stereocenters. The van der Waals surface area contributed by atoms with Crippen molar-refractivity contribution in [3.8, 4) is 0 Å². The highest BCUT2D eigenvalue weighted by atomic mass is 35.5. The zero-order valence-corrected chi connectivity index (χ0v) is 10.4. The first kappa shape index (κ1) is 11.2. The fraction of sp³-hybridized carbons (Fsp3) is 0.308. The Morgan fingerprint density at radius 1 is 1.25 bits per heavy atom. The van der Waals surface area contributed by atoms with E-state index in [9.17, 15) is 4.79 Å². The van der Waals surface area contributed by atoms with Gasteiger partial charge in [0, 0.05) is 22.6 Å². The molecular weight excluding hydrogens is 222 g/mol. The molecular formula is C13H14ClNO. The van der Waals surface area contributed by atoms with Crippen LogP contribution in [0.3, 0.4) is 0 Å². The van der Waals surface area contributed by atoms with Gasteiger partial charge in [0.1, 0.15) is 0 Å². The van der Waals surface area contributed by atoms with E-state index in [-0.39, 0.29) is 10.8 Å². The summed E-state index contributed by atoms with van der Waals surface area (Å²) in [4.78, 5) is 15.2. The van der Waals surface area contributed by atoms with Gasteiger partial charge in [0.2, 0.25) is 0 Å². The molecule has 2 rings (SSSR count). The number of hydrogen-bond acceptors (Lipinski definition) is 1. The van der Waals surface area contributed by atoms with E-state index in [1.807, 2.05) is 0 Å². The third kappa shape index (κ3) is 1.85. The van der Waals surface area contributed by atoms with Crippen LogP contribution in [0.4, 0.5) is 0 Å². The fourth-order valence-electron chi connectivity index (χ4n) is 1.64. The van der Waals surface area contributed by atoms with Crippen LogP contribution in [-0.2, 0) is 5.41 Å². The van der Waals surface area contributed by atoms with Crippen LogP contribution >= 0.6 is 11.6 Å². The number of aromatic nitrogens is 1. The normalized spacial score (nSPS) is 12.0. The molecule has 0 amide bonds. The Hall–Kier alpha value is -1.28. The number of aromatic amines is 1. The van der Waals surface area contributed by atoms with Crippen molar-refractivity contribution < 1.29 is 0 Å². The van der Waals surface area contributed by atoms with E-state index in [1.165, 1.54) is 0 Å². The zero-order chi connectivity index (χ0) is 11.9. The molecule has 0 aliphatic rings. The minimum Gasteiger partial charge on any atom is -0.357 e. The number of pyridine rings is 1. The molecule has 0 saturated carbocycles. The first-order valence-electron chi connectivity index (χ1n) is 5.21. The van der Waals surface area contributed by atoms with Crippen molar-refractivity contribution in [3.05, 3.63) is 45.2 Å². The Morgan fingerprint density at radius 2 is 1.94 bits per heavy atom. The number of fused-ring (bicyclic) bond motifs is 1. The summed E-state index contributed by atoms with van der Waals surface area (Å²) >= 11 is 6.08. The highest BCUT2D eigenvalue weighted by Gasteiger charge is 2.16. The molecule has 0 unspecified atom stereocenters. The number of benzene rings is 1. The van der Waals surface area contributed by atoms with Crippen LogP contribution in [0.1, 0.15) is 26.5 Å². The lowest BCUT2D eigenvalue weighted by Gasteiger charge is -2.19. The van der Waals surface area contributed by atoms with Crippen LogP contribution in [0.5, 0.6) is 0 Å². The van der Waals surface area contributed by atoms with Crippen molar-refractivity contribution in [2.75, 3.05) is 0 Å². The smallest absolute Gasteiger partial charge is 0.189 e. The maximum atomic E-state index is 11.9. The largest absolute Gasteiger partial charge is 0.357 e. The molecule has 1 aromatic carbocycles. The van der Waals surface area contributed by atoms with E-state index < -0.39 is 0 Å². The third-order valence-electron chi connectivity index (χ3n) is 2.62. The first-order chi connectivity index (χ1) is 7.39. The number of nitrogens with one attached hydrogen (secondary N) is 1. The molecule has 1 aromatic heterocycles. The Labute approximate surface area is 99.3 Å². The topological polar surface area (TPSA) is 32.9 Å². The molecule has 84 valence electrons. The highest BCUT2D eigenvalue weighted by molar-refractivity contribution is 6.35. The molecule has 0 aliphatic heterocycles. The monoisotopic (exact) mass is 235 g/mol. The van der Waals surface area contributed by atoms with E-state index in [0.29, 0.717) is 10.4 Å². The molecule has 1 N–H and O–H groups in total. The van der Waals surface area contributed by atoms with Gasteiger partial charge in [0.05, 0.1) is 10.5 Å². The van der Waals surface area contributed by atoms with E-state index in [4.69, 9.17) is 11.6 Å². The summed E-state index contributed by atoms with van der Waals surface area (Å²) in [6.45, 7) is 6.17. The Balaban J connectivity index is 2.86. The number of para-hydroxylation sites is 1. The number of rotatable bonds is 0. The van der Waals surface area contributed by atoms with Gasteiger partial charge in [0.15, 0.2) is 5.43 Å². The van der Waals surface area contributed by atoms with Gasteiger partial charge in [-0.3, -0.25) is 4.79 Å². The van der Waals surface area contributed by atoms with Crippen molar-refractivity contribution in [2.45, 2.75) is 26.2 Å². The van der Waals surface area contributed by atoms with Crippen LogP contribution in [0, 0.1) is 0 Å². The molecule has 2 nitrogen and oxygen atoms in total. The molecule has 3 heteroatoms. The predicted octanol–water partition coefficient (Wildman–Crippen LogP) is 3.48. The van der Waals surface area contributed by atoms with Crippen LogP contribution in [-0.4, -0.2) is 4.98 Å². The number of hydrogen-bond donors (Lipinski definition) is 1. The second-order valence-corrected chi connectivity index (χ2v) is 5.37. The molecule has 0 bridgehead atoms. The maximum Gasteiger partial charge on any atom is 0.189 e. The standard InChI is InChI=1S/C13H14ClNO/c1-13(2,3)11-7-10(16)8-5-4-6-9(14)12(8)15-11/h4-7H,1-3H3,(H,15,16). The summed E-state index contributed by atoms with van der Waals surface area (Å²) in [6.07, 6.45) is 0. The summed E-state index contributed by atoms with van der Waals surface area (Å²) in [5.41, 5.74) is 1.55. The summed E-state index contributed by atoms with van der Waals surface area (Å²) in [5.74, 6) is 0. The first-order valence-corrected chi connectivity index (χ1v) is 5.59. The van der Waals surface area contributed by atoms with Crippen LogP contribution in [0.2, 0.25) is 5.02 Å². The maximum absolute atomic E-state index is 11.9. The van der Waals surface area contributed by atoms with Crippen molar-refractivity contribution in [1.82, 2.24) is 4.98 Å². The average Bonchev–Trinajstić information content (AvgIpc) is 2.18. The minimum atomic E-state index is -0.0908. The van der Waals surface area contributed by atoms with Crippen molar-refractivity contribution in [1.29, 1.82) is 0 Å². The Bertz CT molecular complexity index is 593. The molecule has 1 heterocycles. The van der Waals surface area contributed by atoms with Crippen LogP contribution < -0.4 is 5.43 Å². The highest BCUT2D eigenvalue weighted by Crippen LogP contribution is 2.24. The van der Waals surface area contributed by atoms with E-state index in [1.54, 1.807) is 24.3 Å². The average molecular weight is 236 g/mol. The molecule has 16 heavy (non-hydrogen) atoms. The number of H-pyrrole nitrogens is 1. The van der Waals surface area contributed by atoms with Crippen molar-refractivity contribution in [2.24, 2.45) is 0 Å². The van der Waals surface area contributed by atoms with Gasteiger partial charge in [-0.05, 0) is 12.1 Å². The zero-order valence-electron chi connectivity index (χ0n) is 9.60. The second kappa shape index (κ2) is 3.63. The van der Waals surface area contributed by atoms with Crippen molar-refractivity contribution in [3.63, 3.8) is 0 Å².